The summed E-state index contributed by atoms with van der Waals surface area (Å²) in [5, 5.41) is 0. The SMILES string of the molecule is CCCCC1=C[CH]([Zr+2][CH]2C=Cc3ccccc32)C=C1.[Cl-].[Cl-]. The van der Waals surface area contributed by atoms with Crippen LogP contribution in [-0.2, 0) is 23.2 Å². The fraction of sp³-hybridized carbons (Fsp3) is 0.333. The molecule has 0 aliphatic heterocycles. The molecule has 0 nitrogen and oxygen atoms in total. The van der Waals surface area contributed by atoms with Crippen molar-refractivity contribution < 1.29 is 48.0 Å². The summed E-state index contributed by atoms with van der Waals surface area (Å²) in [7, 11) is 0. The number of rotatable bonds is 5. The molecule has 2 unspecified atom stereocenters. The molecule has 0 aromatic heterocycles. The molecular formula is C18H20Cl2Zr. The van der Waals surface area contributed by atoms with E-state index in [0.29, 0.717) is 0 Å². The van der Waals surface area contributed by atoms with Gasteiger partial charge in [-0.15, -0.1) is 0 Å². The third-order valence-electron chi connectivity index (χ3n) is 3.90. The van der Waals surface area contributed by atoms with Crippen molar-refractivity contribution in [3.05, 3.63) is 65.3 Å². The molecule has 0 radical (unpaired) electrons. The van der Waals surface area contributed by atoms with Crippen LogP contribution >= 0.6 is 0 Å². The summed E-state index contributed by atoms with van der Waals surface area (Å²) in [4.78, 5) is 0. The van der Waals surface area contributed by atoms with Crippen LogP contribution in [0, 0.1) is 0 Å². The van der Waals surface area contributed by atoms with E-state index >= 15 is 0 Å². The number of fused-ring (bicyclic) bond motifs is 1. The van der Waals surface area contributed by atoms with Crippen molar-refractivity contribution in [3.63, 3.8) is 0 Å². The zero-order valence-electron chi connectivity index (χ0n) is 12.2. The Morgan fingerprint density at radius 2 is 1.86 bits per heavy atom. The van der Waals surface area contributed by atoms with Crippen LogP contribution in [0.4, 0.5) is 0 Å². The van der Waals surface area contributed by atoms with Crippen molar-refractivity contribution in [2.75, 3.05) is 0 Å². The van der Waals surface area contributed by atoms with Gasteiger partial charge in [-0.1, -0.05) is 0 Å². The Bertz CT molecular complexity index is 546. The van der Waals surface area contributed by atoms with E-state index in [2.05, 4.69) is 61.6 Å². The topological polar surface area (TPSA) is 0 Å². The van der Waals surface area contributed by atoms with Crippen LogP contribution in [-0.4, -0.2) is 0 Å². The Kier molecular flexibility index (Phi) is 8.24. The second-order valence-electron chi connectivity index (χ2n) is 5.36. The quantitative estimate of drug-likeness (QED) is 0.617. The van der Waals surface area contributed by atoms with Gasteiger partial charge in [0, 0.05) is 0 Å². The summed E-state index contributed by atoms with van der Waals surface area (Å²) in [5.74, 6) is 0. The molecule has 2 atom stereocenters. The van der Waals surface area contributed by atoms with E-state index in [-0.39, 0.29) is 24.8 Å². The first-order chi connectivity index (χ1) is 9.36. The van der Waals surface area contributed by atoms with Crippen LogP contribution in [0.1, 0.15) is 40.9 Å². The van der Waals surface area contributed by atoms with Gasteiger partial charge in [0.15, 0.2) is 0 Å². The minimum absolute atomic E-state index is 0. The van der Waals surface area contributed by atoms with Crippen LogP contribution in [0.5, 0.6) is 0 Å². The van der Waals surface area contributed by atoms with Crippen molar-refractivity contribution in [3.8, 4) is 0 Å². The zero-order valence-corrected chi connectivity index (χ0v) is 16.2. The Morgan fingerprint density at radius 3 is 2.67 bits per heavy atom. The largest absolute Gasteiger partial charge is 1.00 e. The number of allylic oxidation sites excluding steroid dienone is 5. The van der Waals surface area contributed by atoms with Crippen molar-refractivity contribution >= 4 is 6.08 Å². The van der Waals surface area contributed by atoms with Gasteiger partial charge < -0.3 is 24.8 Å². The van der Waals surface area contributed by atoms with Crippen LogP contribution in [0.3, 0.4) is 0 Å². The second-order valence-corrected chi connectivity index (χ2v) is 9.35. The molecular weight excluding hydrogens is 378 g/mol. The molecule has 0 saturated heterocycles. The Labute approximate surface area is 152 Å². The fourth-order valence-corrected chi connectivity index (χ4v) is 6.71. The summed E-state index contributed by atoms with van der Waals surface area (Å²) in [5.41, 5.74) is 4.62. The van der Waals surface area contributed by atoms with Crippen molar-refractivity contribution in [2.24, 2.45) is 0 Å². The number of unbranched alkanes of at least 4 members (excludes halogenated alkanes) is 1. The maximum absolute atomic E-state index is 2.55. The van der Waals surface area contributed by atoms with Crippen LogP contribution in [0.2, 0.25) is 3.63 Å². The van der Waals surface area contributed by atoms with E-state index in [4.69, 9.17) is 0 Å². The van der Waals surface area contributed by atoms with E-state index in [0.717, 1.165) is 7.25 Å². The van der Waals surface area contributed by atoms with Gasteiger partial charge in [-0.25, -0.2) is 0 Å². The van der Waals surface area contributed by atoms with E-state index in [1.54, 1.807) is 11.1 Å². The Morgan fingerprint density at radius 1 is 1.05 bits per heavy atom. The summed E-state index contributed by atoms with van der Waals surface area (Å²) in [6.07, 6.45) is 16.1. The molecule has 0 bridgehead atoms. The smallest absolute Gasteiger partial charge is 1.00 e. The number of hydrogen-bond donors (Lipinski definition) is 0. The molecule has 21 heavy (non-hydrogen) atoms. The van der Waals surface area contributed by atoms with E-state index in [1.807, 2.05) is 0 Å². The molecule has 0 spiro atoms. The van der Waals surface area contributed by atoms with Gasteiger partial charge >= 0.3 is 128 Å². The van der Waals surface area contributed by atoms with Crippen molar-refractivity contribution in [2.45, 2.75) is 33.4 Å². The van der Waals surface area contributed by atoms with Gasteiger partial charge in [0.05, 0.1) is 0 Å². The second kappa shape index (κ2) is 9.13. The minimum atomic E-state index is -0.457. The van der Waals surface area contributed by atoms with Crippen molar-refractivity contribution in [1.29, 1.82) is 0 Å². The van der Waals surface area contributed by atoms with E-state index < -0.39 is 23.2 Å². The van der Waals surface area contributed by atoms with Gasteiger partial charge in [-0.2, -0.15) is 0 Å². The monoisotopic (exact) mass is 396 g/mol. The number of halogens is 2. The van der Waals surface area contributed by atoms with Gasteiger partial charge in [0.25, 0.3) is 0 Å². The minimum Gasteiger partial charge on any atom is -1.00 e. The molecule has 0 fully saturated rings. The van der Waals surface area contributed by atoms with Crippen LogP contribution in [0.25, 0.3) is 6.08 Å². The van der Waals surface area contributed by atoms with Gasteiger partial charge in [0.1, 0.15) is 0 Å². The predicted octanol–water partition coefficient (Wildman–Crippen LogP) is -0.680. The summed E-state index contributed by atoms with van der Waals surface area (Å²) in [6.45, 7) is 2.27. The standard InChI is InChI=1S/C9H7.C9H13.2ClH.Zr/c1-2-5-9-7-3-6-8(9)4-1;1-2-3-6-9-7-4-5-8-9;;;/h1-7H;4-5,7-8H,2-3,6H2,1H3;2*1H;/q;;;;+2/p-2. The molecule has 110 valence electrons. The Balaban J connectivity index is 0.00000110. The molecule has 0 N–H and O–H groups in total. The molecule has 3 heteroatoms. The average molecular weight is 398 g/mol. The van der Waals surface area contributed by atoms with Gasteiger partial charge in [0.2, 0.25) is 0 Å². The van der Waals surface area contributed by atoms with Gasteiger partial charge in [-0.3, -0.25) is 0 Å². The third kappa shape index (κ3) is 4.68. The number of benzene rings is 1. The summed E-state index contributed by atoms with van der Waals surface area (Å²) < 4.78 is 1.58. The summed E-state index contributed by atoms with van der Waals surface area (Å²) >= 11 is -0.457. The average Bonchev–Trinajstić information content (AvgIpc) is 3.05. The molecule has 0 saturated carbocycles. The van der Waals surface area contributed by atoms with E-state index in [1.165, 1.54) is 24.8 Å². The molecule has 3 rings (SSSR count). The van der Waals surface area contributed by atoms with E-state index in [9.17, 15) is 0 Å². The maximum Gasteiger partial charge on any atom is -1.00 e. The van der Waals surface area contributed by atoms with Gasteiger partial charge in [-0.05, 0) is 0 Å². The third-order valence-corrected chi connectivity index (χ3v) is 7.85. The normalized spacial score (nSPS) is 21.1. The summed E-state index contributed by atoms with van der Waals surface area (Å²) in [6, 6.07) is 8.90. The molecule has 2 aliphatic rings. The molecule has 0 heterocycles. The predicted molar refractivity (Wildman–Crippen MR) is 78.7 cm³/mol. The fourth-order valence-electron chi connectivity index (χ4n) is 2.82. The first kappa shape index (κ1) is 19.0. The zero-order chi connectivity index (χ0) is 13.1. The molecule has 2 aliphatic carbocycles. The molecule has 1 aromatic rings. The van der Waals surface area contributed by atoms with Crippen molar-refractivity contribution in [1.82, 2.24) is 0 Å². The molecule has 1 aromatic carbocycles. The maximum atomic E-state index is 2.55. The molecule has 0 amide bonds. The first-order valence-electron chi connectivity index (χ1n) is 7.29. The number of hydrogen-bond acceptors (Lipinski definition) is 0. The first-order valence-corrected chi connectivity index (χ1v) is 10.1. The Hall–Kier alpha value is -0.0969. The van der Waals surface area contributed by atoms with Crippen LogP contribution in [0.15, 0.2) is 54.1 Å². The van der Waals surface area contributed by atoms with Crippen LogP contribution < -0.4 is 24.8 Å².